The van der Waals surface area contributed by atoms with Crippen molar-refractivity contribution in [2.24, 2.45) is 0 Å². The summed E-state index contributed by atoms with van der Waals surface area (Å²) in [5.74, 6) is 0.372. The number of nitrogens with zero attached hydrogens (tertiary/aromatic N) is 2. The maximum atomic E-state index is 7.24. The largest absolute Gasteiger partial charge is 0.454 e. The van der Waals surface area contributed by atoms with Gasteiger partial charge in [0, 0.05) is 55.3 Å². The third kappa shape index (κ3) is 6.59. The lowest BCUT2D eigenvalue weighted by Gasteiger charge is -2.41. The Labute approximate surface area is 418 Å². The lowest BCUT2D eigenvalue weighted by Crippen LogP contribution is -2.32. The van der Waals surface area contributed by atoms with Crippen LogP contribution in [-0.4, -0.2) is 0 Å². The second kappa shape index (κ2) is 16.8. The number of hydrogen-bond acceptors (Lipinski definition) is 4. The van der Waals surface area contributed by atoms with Crippen LogP contribution in [0, 0.1) is 0 Å². The molecule has 14 rings (SSSR count). The molecule has 3 nitrogen and oxygen atoms in total. The maximum Gasteiger partial charge on any atom is 0.159 e. The van der Waals surface area contributed by atoms with Gasteiger partial charge in [0.05, 0.1) is 16.8 Å². The molecule has 0 saturated heterocycles. The van der Waals surface area contributed by atoms with E-state index in [2.05, 4.69) is 271 Å². The predicted molar refractivity (Wildman–Crippen MR) is 296 cm³/mol. The van der Waals surface area contributed by atoms with Crippen LogP contribution in [0.2, 0.25) is 0 Å². The highest BCUT2D eigenvalue weighted by Crippen LogP contribution is 2.64. The Morgan fingerprint density at radius 3 is 1.76 bits per heavy atom. The Bertz CT molecular complexity index is 3840. The molecule has 0 bridgehead atoms. The number of allylic oxidation sites excluding steroid dienone is 4. The summed E-state index contributed by atoms with van der Waals surface area (Å²) >= 11 is 1.87. The van der Waals surface area contributed by atoms with Gasteiger partial charge in [0.15, 0.2) is 5.58 Å². The van der Waals surface area contributed by atoms with Crippen LogP contribution in [0.15, 0.2) is 275 Å². The van der Waals surface area contributed by atoms with Gasteiger partial charge in [-0.25, -0.2) is 0 Å². The topological polar surface area (TPSA) is 19.6 Å². The monoisotopic (exact) mass is 926 g/mol. The summed E-state index contributed by atoms with van der Waals surface area (Å²) in [6, 6.07) is 86.6. The minimum Gasteiger partial charge on any atom is -0.454 e. The third-order valence-electron chi connectivity index (χ3n) is 14.9. The molecule has 2 heterocycles. The molecule has 71 heavy (non-hydrogen) atoms. The fourth-order valence-corrected chi connectivity index (χ4v) is 13.0. The number of rotatable bonds is 8. The van der Waals surface area contributed by atoms with Crippen LogP contribution in [0.3, 0.4) is 0 Å². The Kier molecular flexibility index (Phi) is 9.82. The minimum atomic E-state index is -0.497. The maximum absolute atomic E-state index is 7.24. The summed E-state index contributed by atoms with van der Waals surface area (Å²) in [7, 11) is 0. The molecule has 4 heteroatoms. The lowest BCUT2D eigenvalue weighted by atomic mass is 9.67. The molecule has 1 atom stereocenters. The predicted octanol–water partition coefficient (Wildman–Crippen LogP) is 18.6. The SMILES string of the molecule is C1=CCC(c2ccc(N(c3ccc(-c4ccccc4)cc3)c3ccc4c(c3)oc3c(N(c5ccccc5)c5cccc6c5Sc5ccccc5C65c6ccccc6-c6ccccc65)cccc34)cc2)C=C1. The standard InChI is InChI=1S/C67H46N2OS/c1-4-18-45(19-5-1)47-34-38-50(39-35-47)68(51-40-36-48(37-41-51)46-20-6-2-7-21-46)52-42-43-55-56-26-16-31-61(65(56)70-63(55)44-52)69(49-22-8-3-9-23-49)62-32-17-30-60-66(62)71-64-33-15-14-29-59(64)67(60)57-27-12-10-24-53(57)54-25-11-13-28-58(54)67/h1-20,22-44,46H,21H2. The summed E-state index contributed by atoms with van der Waals surface area (Å²) in [5.41, 5.74) is 19.0. The summed E-state index contributed by atoms with van der Waals surface area (Å²) in [4.78, 5) is 7.26. The van der Waals surface area contributed by atoms with Gasteiger partial charge >= 0.3 is 0 Å². The molecular formula is C67H46N2OS. The summed E-state index contributed by atoms with van der Waals surface area (Å²) in [6.45, 7) is 0. The smallest absolute Gasteiger partial charge is 0.159 e. The Morgan fingerprint density at radius 1 is 0.437 bits per heavy atom. The van der Waals surface area contributed by atoms with Crippen molar-refractivity contribution in [1.82, 2.24) is 0 Å². The van der Waals surface area contributed by atoms with E-state index in [4.69, 9.17) is 4.42 Å². The van der Waals surface area contributed by atoms with Crippen molar-refractivity contribution in [1.29, 1.82) is 0 Å². The molecule has 11 aromatic rings. The van der Waals surface area contributed by atoms with Gasteiger partial charge in [-0.05, 0) is 123 Å². The summed E-state index contributed by atoms with van der Waals surface area (Å²) in [6.07, 6.45) is 9.86. The molecular weight excluding hydrogens is 881 g/mol. The molecule has 336 valence electrons. The molecule has 1 aliphatic heterocycles. The van der Waals surface area contributed by atoms with E-state index in [0.717, 1.165) is 62.5 Å². The molecule has 2 aliphatic carbocycles. The van der Waals surface area contributed by atoms with Gasteiger partial charge in [-0.15, -0.1) is 0 Å². The first-order chi connectivity index (χ1) is 35.2. The van der Waals surface area contributed by atoms with E-state index in [1.54, 1.807) is 0 Å². The Morgan fingerprint density at radius 2 is 1.03 bits per heavy atom. The average Bonchev–Trinajstić information content (AvgIpc) is 3.96. The van der Waals surface area contributed by atoms with E-state index in [-0.39, 0.29) is 0 Å². The van der Waals surface area contributed by atoms with Crippen molar-refractivity contribution >= 4 is 67.8 Å². The number of furan rings is 1. The van der Waals surface area contributed by atoms with Crippen molar-refractivity contribution in [2.45, 2.75) is 27.5 Å². The fourth-order valence-electron chi connectivity index (χ4n) is 11.7. The first-order valence-electron chi connectivity index (χ1n) is 24.5. The molecule has 3 aliphatic rings. The second-order valence-corrected chi connectivity index (χ2v) is 19.7. The normalized spacial score (nSPS) is 14.8. The van der Waals surface area contributed by atoms with Gasteiger partial charge in [-0.2, -0.15) is 0 Å². The first kappa shape index (κ1) is 41.4. The molecule has 0 saturated carbocycles. The minimum absolute atomic E-state index is 0.372. The van der Waals surface area contributed by atoms with Gasteiger partial charge in [0.25, 0.3) is 0 Å². The quantitative estimate of drug-likeness (QED) is 0.151. The molecule has 1 aromatic heterocycles. The van der Waals surface area contributed by atoms with E-state index >= 15 is 0 Å². The third-order valence-corrected chi connectivity index (χ3v) is 16.1. The Balaban J connectivity index is 0.935. The molecule has 1 unspecified atom stereocenters. The molecule has 0 radical (unpaired) electrons. The molecule has 1 spiro atoms. The van der Waals surface area contributed by atoms with Crippen molar-refractivity contribution in [3.8, 4) is 22.3 Å². The van der Waals surface area contributed by atoms with E-state index in [1.165, 1.54) is 59.9 Å². The van der Waals surface area contributed by atoms with Gasteiger partial charge in [0.2, 0.25) is 0 Å². The highest BCUT2D eigenvalue weighted by Gasteiger charge is 2.50. The van der Waals surface area contributed by atoms with E-state index in [0.29, 0.717) is 5.92 Å². The van der Waals surface area contributed by atoms with Crippen LogP contribution in [-0.2, 0) is 5.41 Å². The zero-order chi connectivity index (χ0) is 46.9. The van der Waals surface area contributed by atoms with Crippen LogP contribution in [0.4, 0.5) is 34.1 Å². The van der Waals surface area contributed by atoms with Gasteiger partial charge in [0.1, 0.15) is 5.58 Å². The highest BCUT2D eigenvalue weighted by atomic mass is 32.2. The van der Waals surface area contributed by atoms with Crippen molar-refractivity contribution < 1.29 is 4.42 Å². The van der Waals surface area contributed by atoms with Gasteiger partial charge < -0.3 is 14.2 Å². The van der Waals surface area contributed by atoms with E-state index < -0.39 is 5.41 Å². The molecule has 0 N–H and O–H groups in total. The van der Waals surface area contributed by atoms with Crippen LogP contribution >= 0.6 is 11.8 Å². The second-order valence-electron chi connectivity index (χ2n) is 18.7. The first-order valence-corrected chi connectivity index (χ1v) is 25.3. The number of fused-ring (bicyclic) bond motifs is 12. The number of benzene rings is 10. The molecule has 10 aromatic carbocycles. The van der Waals surface area contributed by atoms with Crippen LogP contribution < -0.4 is 9.80 Å². The van der Waals surface area contributed by atoms with Crippen LogP contribution in [0.5, 0.6) is 0 Å². The summed E-state index contributed by atoms with van der Waals surface area (Å²) in [5, 5.41) is 2.14. The van der Waals surface area contributed by atoms with Crippen LogP contribution in [0.1, 0.15) is 40.2 Å². The number of hydrogen-bond donors (Lipinski definition) is 0. The zero-order valence-electron chi connectivity index (χ0n) is 38.8. The van der Waals surface area contributed by atoms with Crippen molar-refractivity contribution in [3.63, 3.8) is 0 Å². The lowest BCUT2D eigenvalue weighted by molar-refractivity contribution is 0.669. The zero-order valence-corrected chi connectivity index (χ0v) is 39.6. The fraction of sp³-hybridized carbons (Fsp3) is 0.0448. The average molecular weight is 927 g/mol. The van der Waals surface area contributed by atoms with Gasteiger partial charge in [-0.3, -0.25) is 0 Å². The summed E-state index contributed by atoms with van der Waals surface area (Å²) < 4.78 is 7.24. The highest BCUT2D eigenvalue weighted by molar-refractivity contribution is 7.99. The van der Waals surface area contributed by atoms with E-state index in [1.807, 2.05) is 11.8 Å². The van der Waals surface area contributed by atoms with Gasteiger partial charge in [-0.1, -0.05) is 200 Å². The van der Waals surface area contributed by atoms with Crippen molar-refractivity contribution in [3.05, 3.63) is 289 Å². The van der Waals surface area contributed by atoms with Crippen LogP contribution in [0.25, 0.3) is 44.2 Å². The number of para-hydroxylation sites is 2. The van der Waals surface area contributed by atoms with Crippen molar-refractivity contribution in [2.75, 3.05) is 9.80 Å². The Hall–Kier alpha value is -8.57. The number of anilines is 6. The molecule has 0 fully saturated rings. The van der Waals surface area contributed by atoms with E-state index in [9.17, 15) is 0 Å². The molecule has 0 amide bonds.